The fraction of sp³-hybridized carbons (Fsp3) is 0.857. The average Bonchev–Trinajstić information content (AvgIpc) is 2.21. The summed E-state index contributed by atoms with van der Waals surface area (Å²) in [6.07, 6.45) is 8.93. The quantitative estimate of drug-likeness (QED) is 0.482. The fourth-order valence-electron chi connectivity index (χ4n) is 1.60. The van der Waals surface area contributed by atoms with Crippen LogP contribution in [0.5, 0.6) is 0 Å². The highest BCUT2D eigenvalue weighted by atomic mass is 14.2. The van der Waals surface area contributed by atoms with E-state index in [1.54, 1.807) is 0 Å². The van der Waals surface area contributed by atoms with Crippen LogP contribution in [-0.4, -0.2) is 0 Å². The van der Waals surface area contributed by atoms with Crippen LogP contribution in [0, 0.1) is 5.92 Å². The Kier molecular flexibility index (Phi) is 14.7. The zero-order valence-electron chi connectivity index (χ0n) is 11.0. The number of rotatable bonds is 1. The molecule has 0 bridgehead atoms. The van der Waals surface area contributed by atoms with Gasteiger partial charge in [-0.15, -0.1) is 6.58 Å². The van der Waals surface area contributed by atoms with Gasteiger partial charge in [0.1, 0.15) is 0 Å². The number of hydrogen-bond donors (Lipinski definition) is 0. The molecule has 1 rings (SSSR count). The Balaban J connectivity index is 0. The largest absolute Gasteiger partial charge is 0.100 e. The summed E-state index contributed by atoms with van der Waals surface area (Å²) in [5, 5.41) is 0. The Morgan fingerprint density at radius 3 is 1.64 bits per heavy atom. The van der Waals surface area contributed by atoms with E-state index in [2.05, 4.69) is 13.5 Å². The minimum Gasteiger partial charge on any atom is -0.100 e. The van der Waals surface area contributed by atoms with E-state index in [-0.39, 0.29) is 0 Å². The van der Waals surface area contributed by atoms with Crippen molar-refractivity contribution in [3.8, 4) is 0 Å². The normalized spacial score (nSPS) is 15.8. The van der Waals surface area contributed by atoms with Crippen molar-refractivity contribution in [3.63, 3.8) is 0 Å². The van der Waals surface area contributed by atoms with Crippen LogP contribution in [0.4, 0.5) is 0 Å². The Morgan fingerprint density at radius 2 is 1.43 bits per heavy atom. The molecule has 0 aromatic rings. The Morgan fingerprint density at radius 1 is 1.07 bits per heavy atom. The zero-order chi connectivity index (χ0) is 11.4. The Bertz CT molecular complexity index is 103. The SMILES string of the molecule is C=C(C)C.CC.CCC1CCCCC1. The van der Waals surface area contributed by atoms with Gasteiger partial charge in [0.15, 0.2) is 0 Å². The van der Waals surface area contributed by atoms with E-state index in [0.717, 1.165) is 5.92 Å². The van der Waals surface area contributed by atoms with Crippen LogP contribution in [0.1, 0.15) is 73.1 Å². The van der Waals surface area contributed by atoms with Crippen molar-refractivity contribution >= 4 is 0 Å². The minimum atomic E-state index is 1.09. The summed E-state index contributed by atoms with van der Waals surface area (Å²) >= 11 is 0. The van der Waals surface area contributed by atoms with E-state index in [9.17, 15) is 0 Å². The smallest absolute Gasteiger partial charge is 0.0417 e. The van der Waals surface area contributed by atoms with E-state index >= 15 is 0 Å². The maximum absolute atomic E-state index is 3.56. The van der Waals surface area contributed by atoms with Gasteiger partial charge in [0, 0.05) is 0 Å². The summed E-state index contributed by atoms with van der Waals surface area (Å²) in [6.45, 7) is 13.8. The molecule has 86 valence electrons. The van der Waals surface area contributed by atoms with Crippen LogP contribution >= 0.6 is 0 Å². The van der Waals surface area contributed by atoms with Crippen molar-refractivity contribution in [2.45, 2.75) is 73.1 Å². The maximum Gasteiger partial charge on any atom is -0.0417 e. The number of allylic oxidation sites excluding steroid dienone is 1. The highest BCUT2D eigenvalue weighted by molar-refractivity contribution is 4.78. The lowest BCUT2D eigenvalue weighted by atomic mass is 9.88. The number of hydrogen-bond acceptors (Lipinski definition) is 0. The third-order valence-electron chi connectivity index (χ3n) is 2.30. The highest BCUT2D eigenvalue weighted by Crippen LogP contribution is 2.25. The van der Waals surface area contributed by atoms with Crippen molar-refractivity contribution in [2.24, 2.45) is 5.92 Å². The molecule has 0 amide bonds. The lowest BCUT2D eigenvalue weighted by Crippen LogP contribution is -2.03. The van der Waals surface area contributed by atoms with Crippen LogP contribution < -0.4 is 0 Å². The van der Waals surface area contributed by atoms with Crippen LogP contribution in [0.15, 0.2) is 12.2 Å². The van der Waals surface area contributed by atoms with Gasteiger partial charge in [0.2, 0.25) is 0 Å². The summed E-state index contributed by atoms with van der Waals surface area (Å²) in [5.41, 5.74) is 1.17. The second kappa shape index (κ2) is 12.7. The third-order valence-corrected chi connectivity index (χ3v) is 2.30. The Labute approximate surface area is 91.8 Å². The topological polar surface area (TPSA) is 0 Å². The summed E-state index contributed by atoms with van der Waals surface area (Å²) in [4.78, 5) is 0. The zero-order valence-corrected chi connectivity index (χ0v) is 11.0. The van der Waals surface area contributed by atoms with Gasteiger partial charge in [-0.2, -0.15) is 0 Å². The van der Waals surface area contributed by atoms with Gasteiger partial charge in [-0.05, 0) is 19.8 Å². The first-order valence-electron chi connectivity index (χ1n) is 6.29. The lowest BCUT2D eigenvalue weighted by Gasteiger charge is -2.18. The molecular formula is C14H30. The molecule has 1 aliphatic carbocycles. The van der Waals surface area contributed by atoms with Gasteiger partial charge in [-0.3, -0.25) is 0 Å². The predicted molar refractivity (Wildman–Crippen MR) is 68.7 cm³/mol. The molecule has 0 spiro atoms. The molecule has 0 heteroatoms. The first kappa shape index (κ1) is 16.2. The van der Waals surface area contributed by atoms with Gasteiger partial charge in [0.05, 0.1) is 0 Å². The van der Waals surface area contributed by atoms with Crippen molar-refractivity contribution in [1.29, 1.82) is 0 Å². The van der Waals surface area contributed by atoms with E-state index in [4.69, 9.17) is 0 Å². The van der Waals surface area contributed by atoms with Gasteiger partial charge in [-0.1, -0.05) is 64.9 Å². The van der Waals surface area contributed by atoms with Gasteiger partial charge in [0.25, 0.3) is 0 Å². The Hall–Kier alpha value is -0.260. The van der Waals surface area contributed by atoms with Crippen molar-refractivity contribution in [3.05, 3.63) is 12.2 Å². The predicted octanol–water partition coefficient (Wildman–Crippen LogP) is 5.59. The molecule has 14 heavy (non-hydrogen) atoms. The molecule has 0 aromatic heterocycles. The molecule has 0 unspecified atom stereocenters. The van der Waals surface area contributed by atoms with Crippen molar-refractivity contribution < 1.29 is 0 Å². The molecule has 0 aromatic carbocycles. The van der Waals surface area contributed by atoms with E-state index in [1.807, 2.05) is 27.7 Å². The third kappa shape index (κ3) is 14.3. The van der Waals surface area contributed by atoms with E-state index in [1.165, 1.54) is 44.1 Å². The molecule has 0 N–H and O–H groups in total. The molecule has 0 radical (unpaired) electrons. The van der Waals surface area contributed by atoms with Gasteiger partial charge in [-0.25, -0.2) is 0 Å². The van der Waals surface area contributed by atoms with Crippen LogP contribution in [0.25, 0.3) is 0 Å². The van der Waals surface area contributed by atoms with Gasteiger partial charge >= 0.3 is 0 Å². The second-order valence-electron chi connectivity index (χ2n) is 4.12. The van der Waals surface area contributed by atoms with Crippen LogP contribution in [0.2, 0.25) is 0 Å². The van der Waals surface area contributed by atoms with Crippen molar-refractivity contribution in [2.75, 3.05) is 0 Å². The molecule has 0 nitrogen and oxygen atoms in total. The molecule has 0 saturated heterocycles. The second-order valence-corrected chi connectivity index (χ2v) is 4.12. The fourth-order valence-corrected chi connectivity index (χ4v) is 1.60. The highest BCUT2D eigenvalue weighted by Gasteiger charge is 2.09. The summed E-state index contributed by atoms with van der Waals surface area (Å²) in [7, 11) is 0. The van der Waals surface area contributed by atoms with E-state index in [0.29, 0.717) is 0 Å². The van der Waals surface area contributed by atoms with E-state index < -0.39 is 0 Å². The standard InChI is InChI=1S/C8H16.C4H8.C2H6/c1-2-8-6-4-3-5-7-8;1-4(2)3;1-2/h8H,2-7H2,1H3;1H2,2-3H3;1-2H3. The first-order chi connectivity index (χ1) is 6.66. The van der Waals surface area contributed by atoms with Gasteiger partial charge < -0.3 is 0 Å². The molecule has 0 heterocycles. The molecule has 1 aliphatic rings. The average molecular weight is 198 g/mol. The molecule has 1 saturated carbocycles. The molecule has 0 atom stereocenters. The van der Waals surface area contributed by atoms with Crippen molar-refractivity contribution in [1.82, 2.24) is 0 Å². The molecular weight excluding hydrogens is 168 g/mol. The van der Waals surface area contributed by atoms with Crippen LogP contribution in [-0.2, 0) is 0 Å². The van der Waals surface area contributed by atoms with Crippen LogP contribution in [0.3, 0.4) is 0 Å². The summed E-state index contributed by atoms with van der Waals surface area (Å²) < 4.78 is 0. The summed E-state index contributed by atoms with van der Waals surface area (Å²) in [6, 6.07) is 0. The monoisotopic (exact) mass is 198 g/mol. The summed E-state index contributed by atoms with van der Waals surface area (Å²) in [5.74, 6) is 1.09. The molecule has 1 fully saturated rings. The minimum absolute atomic E-state index is 1.09. The molecule has 0 aliphatic heterocycles. The first-order valence-corrected chi connectivity index (χ1v) is 6.29. The maximum atomic E-state index is 3.56. The lowest BCUT2D eigenvalue weighted by molar-refractivity contribution is 0.349.